The van der Waals surface area contributed by atoms with Crippen molar-refractivity contribution >= 4 is 47.0 Å². The van der Waals surface area contributed by atoms with Crippen LogP contribution in [0.5, 0.6) is 0 Å². The van der Waals surface area contributed by atoms with Crippen LogP contribution in [0.25, 0.3) is 6.08 Å². The highest BCUT2D eigenvalue weighted by Gasteiger charge is 2.27. The molecular weight excluding hydrogens is 308 g/mol. The Hall–Kier alpha value is -0.640. The molecule has 104 valence electrons. The summed E-state index contributed by atoms with van der Waals surface area (Å²) < 4.78 is 1.26. The molecule has 20 heavy (non-hydrogen) atoms. The van der Waals surface area contributed by atoms with Crippen molar-refractivity contribution in [1.29, 1.82) is 0 Å². The highest BCUT2D eigenvalue weighted by atomic mass is 35.5. The first-order valence-corrected chi connectivity index (χ1v) is 9.08. The van der Waals surface area contributed by atoms with Crippen molar-refractivity contribution in [1.82, 2.24) is 0 Å². The van der Waals surface area contributed by atoms with Gasteiger partial charge in [-0.1, -0.05) is 23.7 Å². The molecule has 1 heterocycles. The summed E-state index contributed by atoms with van der Waals surface area (Å²) in [6.07, 6.45) is 5.01. The topological polar surface area (TPSA) is 17.1 Å². The summed E-state index contributed by atoms with van der Waals surface area (Å²) in [6, 6.07) is 7.63. The highest BCUT2D eigenvalue weighted by Crippen LogP contribution is 2.42. The zero-order valence-electron chi connectivity index (χ0n) is 11.0. The third-order valence-electron chi connectivity index (χ3n) is 3.42. The average Bonchev–Trinajstić information content (AvgIpc) is 2.84. The second-order valence-electron chi connectivity index (χ2n) is 4.87. The molecule has 0 aromatic heterocycles. The van der Waals surface area contributed by atoms with Gasteiger partial charge in [0.2, 0.25) is 0 Å². The van der Waals surface area contributed by atoms with E-state index < -0.39 is 0 Å². The molecule has 0 N–H and O–H groups in total. The number of carbonyl (C=O) groups is 1. The maximum Gasteiger partial charge on any atom is 0.186 e. The maximum atomic E-state index is 12.5. The van der Waals surface area contributed by atoms with Crippen molar-refractivity contribution < 1.29 is 4.79 Å². The van der Waals surface area contributed by atoms with Gasteiger partial charge >= 0.3 is 0 Å². The normalized spacial score (nSPS) is 21.9. The fraction of sp³-hybridized carbons (Fsp3) is 0.312. The Morgan fingerprint density at radius 3 is 2.45 bits per heavy atom. The highest BCUT2D eigenvalue weighted by molar-refractivity contribution is 8.22. The predicted octanol–water partition coefficient (Wildman–Crippen LogP) is 5.17. The van der Waals surface area contributed by atoms with Crippen LogP contribution in [-0.4, -0.2) is 17.3 Å². The van der Waals surface area contributed by atoms with E-state index in [2.05, 4.69) is 0 Å². The molecule has 1 saturated heterocycles. The maximum absolute atomic E-state index is 12.5. The number of rotatable bonds is 1. The second kappa shape index (κ2) is 6.42. The molecule has 2 aliphatic rings. The number of Topliss-reactive ketones (excluding diaryl/α,β-unsaturated/α-hetero) is 1. The summed E-state index contributed by atoms with van der Waals surface area (Å²) in [7, 11) is 0. The summed E-state index contributed by atoms with van der Waals surface area (Å²) in [6.45, 7) is 0. The van der Waals surface area contributed by atoms with Crippen molar-refractivity contribution in [3.05, 3.63) is 50.2 Å². The summed E-state index contributed by atoms with van der Waals surface area (Å²) in [5, 5.41) is 0.725. The number of halogens is 1. The van der Waals surface area contributed by atoms with E-state index in [1.165, 1.54) is 10.7 Å². The molecule has 1 aliphatic heterocycles. The van der Waals surface area contributed by atoms with E-state index in [9.17, 15) is 4.79 Å². The van der Waals surface area contributed by atoms with Crippen LogP contribution in [0, 0.1) is 0 Å². The van der Waals surface area contributed by atoms with Crippen LogP contribution < -0.4 is 0 Å². The number of carbonyl (C=O) groups excluding carboxylic acids is 1. The van der Waals surface area contributed by atoms with Gasteiger partial charge < -0.3 is 0 Å². The summed E-state index contributed by atoms with van der Waals surface area (Å²) in [5.74, 6) is 2.54. The Morgan fingerprint density at radius 2 is 1.75 bits per heavy atom. The lowest BCUT2D eigenvalue weighted by molar-refractivity contribution is -0.111. The fourth-order valence-electron chi connectivity index (χ4n) is 2.38. The SMILES string of the molecule is O=C1C(=Cc2ccc(Cl)cc2)CCC1=C1SCCCS1. The molecule has 0 bridgehead atoms. The molecule has 3 rings (SSSR count). The van der Waals surface area contributed by atoms with E-state index in [0.717, 1.165) is 46.1 Å². The van der Waals surface area contributed by atoms with Crippen molar-refractivity contribution in [3.8, 4) is 0 Å². The van der Waals surface area contributed by atoms with Crippen LogP contribution in [0.15, 0.2) is 39.6 Å². The third kappa shape index (κ3) is 3.16. The molecule has 1 aromatic rings. The van der Waals surface area contributed by atoms with E-state index in [1.54, 1.807) is 0 Å². The molecule has 4 heteroatoms. The zero-order valence-corrected chi connectivity index (χ0v) is 13.4. The lowest BCUT2D eigenvalue weighted by atomic mass is 10.1. The first kappa shape index (κ1) is 14.3. The number of hydrogen-bond acceptors (Lipinski definition) is 3. The van der Waals surface area contributed by atoms with Crippen LogP contribution in [0.1, 0.15) is 24.8 Å². The summed E-state index contributed by atoms with van der Waals surface area (Å²) >= 11 is 9.58. The van der Waals surface area contributed by atoms with Crippen molar-refractivity contribution in [2.24, 2.45) is 0 Å². The minimum absolute atomic E-state index is 0.247. The van der Waals surface area contributed by atoms with Gasteiger partial charge in [-0.15, -0.1) is 23.5 Å². The van der Waals surface area contributed by atoms with Crippen molar-refractivity contribution in [2.45, 2.75) is 19.3 Å². The Morgan fingerprint density at radius 1 is 1.05 bits per heavy atom. The van der Waals surface area contributed by atoms with Crippen LogP contribution in [-0.2, 0) is 4.79 Å². The molecule has 2 fully saturated rings. The predicted molar refractivity (Wildman–Crippen MR) is 90.2 cm³/mol. The number of thioether (sulfide) groups is 2. The molecule has 1 aliphatic carbocycles. The first-order chi connectivity index (χ1) is 9.74. The standard InChI is InChI=1S/C16H15ClOS2/c17-13-5-2-11(3-6-13)10-12-4-7-14(15(12)18)16-19-8-1-9-20-16/h2-3,5-6,10H,1,4,7-9H2. The minimum atomic E-state index is 0.247. The smallest absolute Gasteiger partial charge is 0.186 e. The van der Waals surface area contributed by atoms with E-state index in [-0.39, 0.29) is 5.78 Å². The lowest BCUT2D eigenvalue weighted by Crippen LogP contribution is -2.01. The Kier molecular flexibility index (Phi) is 4.59. The molecule has 0 unspecified atom stereocenters. The molecule has 0 radical (unpaired) electrons. The van der Waals surface area contributed by atoms with E-state index in [4.69, 9.17) is 11.6 Å². The molecule has 1 nitrogen and oxygen atoms in total. The zero-order chi connectivity index (χ0) is 13.9. The van der Waals surface area contributed by atoms with Gasteiger partial charge in [-0.25, -0.2) is 0 Å². The minimum Gasteiger partial charge on any atom is -0.289 e. The number of hydrogen-bond donors (Lipinski definition) is 0. The van der Waals surface area contributed by atoms with Gasteiger partial charge in [-0.3, -0.25) is 4.79 Å². The molecular formula is C16H15ClOS2. The van der Waals surface area contributed by atoms with E-state index in [1.807, 2.05) is 53.9 Å². The van der Waals surface area contributed by atoms with Crippen LogP contribution >= 0.6 is 35.1 Å². The molecule has 0 atom stereocenters. The van der Waals surface area contributed by atoms with Gasteiger partial charge in [0, 0.05) is 20.4 Å². The number of benzene rings is 1. The van der Waals surface area contributed by atoms with Crippen LogP contribution in [0.3, 0.4) is 0 Å². The average molecular weight is 323 g/mol. The van der Waals surface area contributed by atoms with E-state index in [0.29, 0.717) is 0 Å². The second-order valence-corrected chi connectivity index (χ2v) is 7.77. The Balaban J connectivity index is 1.83. The quantitative estimate of drug-likeness (QED) is 0.664. The monoisotopic (exact) mass is 322 g/mol. The van der Waals surface area contributed by atoms with Gasteiger partial charge in [0.05, 0.1) is 0 Å². The molecule has 1 aromatic carbocycles. The lowest BCUT2D eigenvalue weighted by Gasteiger charge is -2.14. The fourth-order valence-corrected chi connectivity index (χ4v) is 5.21. The largest absolute Gasteiger partial charge is 0.289 e. The van der Waals surface area contributed by atoms with Crippen molar-refractivity contribution in [3.63, 3.8) is 0 Å². The van der Waals surface area contributed by atoms with Gasteiger partial charge in [0.1, 0.15) is 0 Å². The molecule has 0 spiro atoms. The van der Waals surface area contributed by atoms with Crippen molar-refractivity contribution in [2.75, 3.05) is 11.5 Å². The van der Waals surface area contributed by atoms with Crippen LogP contribution in [0.4, 0.5) is 0 Å². The first-order valence-electron chi connectivity index (χ1n) is 6.73. The van der Waals surface area contributed by atoms with Gasteiger partial charge in [0.15, 0.2) is 5.78 Å². The van der Waals surface area contributed by atoms with Gasteiger partial charge in [-0.2, -0.15) is 0 Å². The Labute approximate surface area is 132 Å². The summed E-state index contributed by atoms with van der Waals surface area (Å²) in [4.78, 5) is 12.5. The summed E-state index contributed by atoms with van der Waals surface area (Å²) in [5.41, 5.74) is 3.02. The third-order valence-corrected chi connectivity index (χ3v) is 6.38. The number of allylic oxidation sites excluding steroid dienone is 2. The molecule has 1 saturated carbocycles. The van der Waals surface area contributed by atoms with E-state index >= 15 is 0 Å². The van der Waals surface area contributed by atoms with Gasteiger partial charge in [-0.05, 0) is 54.5 Å². The van der Waals surface area contributed by atoms with Gasteiger partial charge in [0.25, 0.3) is 0 Å². The molecule has 0 amide bonds. The van der Waals surface area contributed by atoms with Crippen LogP contribution in [0.2, 0.25) is 5.02 Å². The number of ketones is 1. The Bertz CT molecular complexity index is 579.